The highest BCUT2D eigenvalue weighted by molar-refractivity contribution is 14.1. The van der Waals surface area contributed by atoms with E-state index in [1.165, 1.54) is 12.1 Å². The highest BCUT2D eigenvalue weighted by Gasteiger charge is 2.20. The molecule has 0 heterocycles. The van der Waals surface area contributed by atoms with E-state index in [-0.39, 0.29) is 5.56 Å². The van der Waals surface area contributed by atoms with E-state index in [0.717, 1.165) is 3.57 Å². The first-order valence-electron chi connectivity index (χ1n) is 4.48. The number of esters is 1. The maximum Gasteiger partial charge on any atom is 0.341 e. The summed E-state index contributed by atoms with van der Waals surface area (Å²) in [6.07, 6.45) is 0. The summed E-state index contributed by atoms with van der Waals surface area (Å²) in [6, 6.07) is 4.41. The van der Waals surface area contributed by atoms with Crippen LogP contribution in [-0.2, 0) is 4.74 Å². The van der Waals surface area contributed by atoms with Crippen LogP contribution in [0.5, 0.6) is 0 Å². The summed E-state index contributed by atoms with van der Waals surface area (Å²) in [6.45, 7) is 5.24. The Hall–Kier alpha value is -0.650. The summed E-state index contributed by atoms with van der Waals surface area (Å²) in [7, 11) is 0. The van der Waals surface area contributed by atoms with Gasteiger partial charge < -0.3 is 4.74 Å². The molecule has 0 aliphatic rings. The van der Waals surface area contributed by atoms with E-state index in [9.17, 15) is 9.18 Å². The van der Waals surface area contributed by atoms with Crippen molar-refractivity contribution in [2.24, 2.45) is 0 Å². The van der Waals surface area contributed by atoms with Gasteiger partial charge >= 0.3 is 5.97 Å². The molecule has 4 heteroatoms. The summed E-state index contributed by atoms with van der Waals surface area (Å²) in [4.78, 5) is 11.5. The Morgan fingerprint density at radius 2 is 2.00 bits per heavy atom. The van der Waals surface area contributed by atoms with Gasteiger partial charge in [-0.15, -0.1) is 0 Å². The number of halogens is 2. The van der Waals surface area contributed by atoms with E-state index in [4.69, 9.17) is 4.74 Å². The van der Waals surface area contributed by atoms with Crippen LogP contribution in [0, 0.1) is 9.39 Å². The lowest BCUT2D eigenvalue weighted by Crippen LogP contribution is -2.24. The zero-order valence-electron chi connectivity index (χ0n) is 8.80. The van der Waals surface area contributed by atoms with Crippen LogP contribution in [-0.4, -0.2) is 11.6 Å². The van der Waals surface area contributed by atoms with E-state index in [1.807, 2.05) is 22.6 Å². The quantitative estimate of drug-likeness (QED) is 0.585. The smallest absolute Gasteiger partial charge is 0.341 e. The lowest BCUT2D eigenvalue weighted by Gasteiger charge is -2.19. The Morgan fingerprint density at radius 3 is 2.47 bits per heavy atom. The Labute approximate surface area is 102 Å². The van der Waals surface area contributed by atoms with Crippen LogP contribution in [0.2, 0.25) is 0 Å². The van der Waals surface area contributed by atoms with E-state index >= 15 is 0 Å². The standard InChI is InChI=1S/C11H12FIO2/c1-11(2,3)15-10(14)8-5-4-7(13)6-9(8)12/h4-6H,1-3H3. The molecule has 0 aliphatic carbocycles. The molecule has 1 aromatic carbocycles. The van der Waals surface area contributed by atoms with Crippen molar-refractivity contribution in [3.8, 4) is 0 Å². The topological polar surface area (TPSA) is 26.3 Å². The predicted molar refractivity (Wildman–Crippen MR) is 64.3 cm³/mol. The number of benzene rings is 1. The molecular weight excluding hydrogens is 310 g/mol. The average Bonchev–Trinajstić information content (AvgIpc) is 1.99. The van der Waals surface area contributed by atoms with Gasteiger partial charge in [-0.1, -0.05) is 0 Å². The molecule has 0 spiro atoms. The summed E-state index contributed by atoms with van der Waals surface area (Å²) in [5, 5.41) is 0. The average molecular weight is 322 g/mol. The van der Waals surface area contributed by atoms with E-state index < -0.39 is 17.4 Å². The predicted octanol–water partition coefficient (Wildman–Crippen LogP) is 3.39. The van der Waals surface area contributed by atoms with Crippen LogP contribution in [0.15, 0.2) is 18.2 Å². The molecule has 82 valence electrons. The van der Waals surface area contributed by atoms with Crippen LogP contribution >= 0.6 is 22.6 Å². The molecule has 0 aromatic heterocycles. The summed E-state index contributed by atoms with van der Waals surface area (Å²) >= 11 is 1.98. The third kappa shape index (κ3) is 3.77. The molecule has 15 heavy (non-hydrogen) atoms. The minimum absolute atomic E-state index is 0.0228. The van der Waals surface area contributed by atoms with Crippen molar-refractivity contribution in [1.29, 1.82) is 0 Å². The van der Waals surface area contributed by atoms with Gasteiger partial charge in [-0.25, -0.2) is 9.18 Å². The normalized spacial score (nSPS) is 11.3. The highest BCUT2D eigenvalue weighted by atomic mass is 127. The van der Waals surface area contributed by atoms with Crippen molar-refractivity contribution in [2.75, 3.05) is 0 Å². The second kappa shape index (κ2) is 4.47. The fourth-order valence-electron chi connectivity index (χ4n) is 0.988. The summed E-state index contributed by atoms with van der Waals surface area (Å²) in [5.41, 5.74) is -0.627. The largest absolute Gasteiger partial charge is 0.456 e. The molecule has 1 rings (SSSR count). The minimum atomic E-state index is -0.628. The van der Waals surface area contributed by atoms with Crippen LogP contribution in [0.1, 0.15) is 31.1 Å². The SMILES string of the molecule is CC(C)(C)OC(=O)c1ccc(I)cc1F. The van der Waals surface area contributed by atoms with Gasteiger partial charge in [-0.2, -0.15) is 0 Å². The Bertz CT molecular complexity index is 383. The second-order valence-corrected chi connectivity index (χ2v) is 5.37. The monoisotopic (exact) mass is 322 g/mol. The number of carbonyl (C=O) groups is 1. The van der Waals surface area contributed by atoms with Gasteiger partial charge in [0.1, 0.15) is 11.4 Å². The van der Waals surface area contributed by atoms with Crippen molar-refractivity contribution in [1.82, 2.24) is 0 Å². The molecule has 0 bridgehead atoms. The Morgan fingerprint density at radius 1 is 1.40 bits per heavy atom. The van der Waals surface area contributed by atoms with Crippen molar-refractivity contribution < 1.29 is 13.9 Å². The van der Waals surface area contributed by atoms with E-state index in [1.54, 1.807) is 26.8 Å². The molecule has 0 saturated heterocycles. The molecule has 0 aliphatic heterocycles. The molecule has 0 unspecified atom stereocenters. The number of carbonyl (C=O) groups excluding carboxylic acids is 1. The molecular formula is C11H12FIO2. The van der Waals surface area contributed by atoms with Gasteiger partial charge in [0.05, 0.1) is 5.56 Å². The fraction of sp³-hybridized carbons (Fsp3) is 0.364. The molecule has 0 atom stereocenters. The van der Waals surface area contributed by atoms with Gasteiger partial charge in [-0.3, -0.25) is 0 Å². The van der Waals surface area contributed by atoms with Crippen LogP contribution < -0.4 is 0 Å². The van der Waals surface area contributed by atoms with Crippen molar-refractivity contribution in [3.63, 3.8) is 0 Å². The zero-order chi connectivity index (χ0) is 11.6. The first-order chi connectivity index (χ1) is 6.79. The minimum Gasteiger partial charge on any atom is -0.456 e. The number of hydrogen-bond acceptors (Lipinski definition) is 2. The molecule has 0 saturated carbocycles. The van der Waals surface area contributed by atoms with Crippen LogP contribution in [0.25, 0.3) is 0 Å². The molecule has 0 radical (unpaired) electrons. The van der Waals surface area contributed by atoms with Crippen molar-refractivity contribution in [3.05, 3.63) is 33.1 Å². The van der Waals surface area contributed by atoms with Gasteiger partial charge in [0.2, 0.25) is 0 Å². The van der Waals surface area contributed by atoms with Gasteiger partial charge in [0, 0.05) is 3.57 Å². The first-order valence-corrected chi connectivity index (χ1v) is 5.56. The lowest BCUT2D eigenvalue weighted by molar-refractivity contribution is 0.00647. The third-order valence-electron chi connectivity index (χ3n) is 1.55. The fourth-order valence-corrected chi connectivity index (χ4v) is 1.44. The first kappa shape index (κ1) is 12.4. The lowest BCUT2D eigenvalue weighted by atomic mass is 10.1. The second-order valence-electron chi connectivity index (χ2n) is 4.13. The Kier molecular flexibility index (Phi) is 3.70. The van der Waals surface area contributed by atoms with E-state index in [0.29, 0.717) is 0 Å². The van der Waals surface area contributed by atoms with Gasteiger partial charge in [0.25, 0.3) is 0 Å². The molecule has 1 aromatic rings. The maximum absolute atomic E-state index is 13.4. The van der Waals surface area contributed by atoms with Gasteiger partial charge in [-0.05, 0) is 61.6 Å². The molecule has 0 amide bonds. The Balaban J connectivity index is 2.92. The molecule has 2 nitrogen and oxygen atoms in total. The van der Waals surface area contributed by atoms with Crippen LogP contribution in [0.3, 0.4) is 0 Å². The molecule has 0 N–H and O–H groups in total. The third-order valence-corrected chi connectivity index (χ3v) is 2.22. The number of ether oxygens (including phenoxy) is 1. The van der Waals surface area contributed by atoms with E-state index in [2.05, 4.69) is 0 Å². The zero-order valence-corrected chi connectivity index (χ0v) is 11.0. The van der Waals surface area contributed by atoms with Gasteiger partial charge in [0.15, 0.2) is 0 Å². The maximum atomic E-state index is 13.4. The number of hydrogen-bond donors (Lipinski definition) is 0. The summed E-state index contributed by atoms with van der Waals surface area (Å²) in [5.74, 6) is -1.17. The van der Waals surface area contributed by atoms with Crippen LogP contribution in [0.4, 0.5) is 4.39 Å². The molecule has 0 fully saturated rings. The number of rotatable bonds is 1. The van der Waals surface area contributed by atoms with Crippen molar-refractivity contribution >= 4 is 28.6 Å². The highest BCUT2D eigenvalue weighted by Crippen LogP contribution is 2.16. The van der Waals surface area contributed by atoms with Crippen molar-refractivity contribution in [2.45, 2.75) is 26.4 Å². The summed E-state index contributed by atoms with van der Waals surface area (Å²) < 4.78 is 19.2.